The number of carbonyl (C=O) groups excluding carboxylic acids is 1. The summed E-state index contributed by atoms with van der Waals surface area (Å²) in [6.45, 7) is 0. The maximum Gasteiger partial charge on any atom is 0.173 e. The SMILES string of the molecule is Cn1c(SCC(=O)c2ccc(Br)cc2)nc2ccccc21. The zero-order valence-electron chi connectivity index (χ0n) is 11.4. The van der Waals surface area contributed by atoms with Crippen LogP contribution in [0.3, 0.4) is 0 Å². The number of hydrogen-bond acceptors (Lipinski definition) is 3. The second-order valence-electron chi connectivity index (χ2n) is 4.66. The van der Waals surface area contributed by atoms with E-state index in [-0.39, 0.29) is 5.78 Å². The summed E-state index contributed by atoms with van der Waals surface area (Å²) >= 11 is 4.84. The van der Waals surface area contributed by atoms with Crippen molar-refractivity contribution in [1.82, 2.24) is 9.55 Å². The summed E-state index contributed by atoms with van der Waals surface area (Å²) in [5.74, 6) is 0.498. The van der Waals surface area contributed by atoms with Crippen LogP contribution in [0.4, 0.5) is 0 Å². The lowest BCUT2D eigenvalue weighted by Crippen LogP contribution is -2.03. The molecule has 0 spiro atoms. The van der Waals surface area contributed by atoms with Gasteiger partial charge in [-0.05, 0) is 24.3 Å². The molecule has 0 atom stereocenters. The zero-order chi connectivity index (χ0) is 14.8. The first-order chi connectivity index (χ1) is 10.1. The molecule has 1 aromatic heterocycles. The Hall–Kier alpha value is -1.59. The van der Waals surface area contributed by atoms with Gasteiger partial charge < -0.3 is 4.57 Å². The van der Waals surface area contributed by atoms with E-state index >= 15 is 0 Å². The van der Waals surface area contributed by atoms with E-state index in [1.807, 2.05) is 60.1 Å². The highest BCUT2D eigenvalue weighted by Gasteiger charge is 2.11. The van der Waals surface area contributed by atoms with Crippen LogP contribution in [0.5, 0.6) is 0 Å². The number of ketones is 1. The molecule has 0 aliphatic rings. The van der Waals surface area contributed by atoms with Gasteiger partial charge in [0, 0.05) is 17.1 Å². The Morgan fingerprint density at radius 2 is 1.90 bits per heavy atom. The van der Waals surface area contributed by atoms with Crippen molar-refractivity contribution in [2.24, 2.45) is 7.05 Å². The highest BCUT2D eigenvalue weighted by molar-refractivity contribution is 9.10. The monoisotopic (exact) mass is 360 g/mol. The number of fused-ring (bicyclic) bond motifs is 1. The summed E-state index contributed by atoms with van der Waals surface area (Å²) in [5.41, 5.74) is 2.76. The normalized spacial score (nSPS) is 11.0. The Labute approximate surface area is 135 Å². The molecule has 0 saturated heterocycles. The average Bonchev–Trinajstić information content (AvgIpc) is 2.82. The number of carbonyl (C=O) groups is 1. The van der Waals surface area contributed by atoms with Crippen LogP contribution in [0.1, 0.15) is 10.4 Å². The molecule has 0 N–H and O–H groups in total. The van der Waals surface area contributed by atoms with Crippen LogP contribution in [-0.2, 0) is 7.05 Å². The van der Waals surface area contributed by atoms with Gasteiger partial charge >= 0.3 is 0 Å². The van der Waals surface area contributed by atoms with Crippen molar-refractivity contribution in [2.75, 3.05) is 5.75 Å². The Balaban J connectivity index is 1.75. The molecular formula is C16H13BrN2OS. The summed E-state index contributed by atoms with van der Waals surface area (Å²) in [6, 6.07) is 15.4. The van der Waals surface area contributed by atoms with Gasteiger partial charge in [0.1, 0.15) is 0 Å². The Bertz CT molecular complexity index is 796. The van der Waals surface area contributed by atoms with Gasteiger partial charge in [0.15, 0.2) is 10.9 Å². The number of nitrogens with zero attached hydrogens (tertiary/aromatic N) is 2. The number of thioether (sulfide) groups is 1. The molecule has 0 amide bonds. The second kappa shape index (κ2) is 6.03. The third-order valence-electron chi connectivity index (χ3n) is 3.24. The number of Topliss-reactive ketones (excluding diaryl/α,β-unsaturated/α-hetero) is 1. The van der Waals surface area contributed by atoms with E-state index in [4.69, 9.17) is 0 Å². The molecule has 0 unspecified atom stereocenters. The smallest absolute Gasteiger partial charge is 0.173 e. The fraction of sp³-hybridized carbons (Fsp3) is 0.125. The van der Waals surface area contributed by atoms with Gasteiger partial charge in [-0.25, -0.2) is 4.98 Å². The number of imidazole rings is 1. The van der Waals surface area contributed by atoms with E-state index in [2.05, 4.69) is 20.9 Å². The molecule has 0 saturated carbocycles. The Morgan fingerprint density at radius 3 is 2.62 bits per heavy atom. The van der Waals surface area contributed by atoms with Gasteiger partial charge in [0.05, 0.1) is 16.8 Å². The molecule has 2 aromatic carbocycles. The number of rotatable bonds is 4. The van der Waals surface area contributed by atoms with Crippen molar-refractivity contribution in [2.45, 2.75) is 5.16 Å². The standard InChI is InChI=1S/C16H13BrN2OS/c1-19-14-5-3-2-4-13(14)18-16(19)21-10-15(20)11-6-8-12(17)9-7-11/h2-9H,10H2,1H3. The van der Waals surface area contributed by atoms with E-state index in [0.717, 1.165) is 26.2 Å². The Kier molecular flexibility index (Phi) is 4.12. The van der Waals surface area contributed by atoms with Crippen molar-refractivity contribution in [3.05, 3.63) is 58.6 Å². The third kappa shape index (κ3) is 3.04. The molecule has 21 heavy (non-hydrogen) atoms. The van der Waals surface area contributed by atoms with Crippen molar-refractivity contribution in [3.63, 3.8) is 0 Å². The summed E-state index contributed by atoms with van der Waals surface area (Å²) in [5, 5.41) is 0.863. The quantitative estimate of drug-likeness (QED) is 0.513. The fourth-order valence-electron chi connectivity index (χ4n) is 2.10. The third-order valence-corrected chi connectivity index (χ3v) is 4.80. The lowest BCUT2D eigenvalue weighted by molar-refractivity contribution is 0.102. The predicted octanol–water partition coefficient (Wildman–Crippen LogP) is 4.31. The first-order valence-corrected chi connectivity index (χ1v) is 8.26. The van der Waals surface area contributed by atoms with Crippen LogP contribution in [0, 0.1) is 0 Å². The number of hydrogen-bond donors (Lipinski definition) is 0. The fourth-order valence-corrected chi connectivity index (χ4v) is 3.25. The lowest BCUT2D eigenvalue weighted by atomic mass is 10.2. The van der Waals surface area contributed by atoms with Gasteiger partial charge in [-0.3, -0.25) is 4.79 Å². The molecule has 106 valence electrons. The van der Waals surface area contributed by atoms with Crippen LogP contribution < -0.4 is 0 Å². The number of benzene rings is 2. The van der Waals surface area contributed by atoms with Crippen molar-refractivity contribution >= 4 is 44.5 Å². The van der Waals surface area contributed by atoms with Crippen molar-refractivity contribution < 1.29 is 4.79 Å². The molecular weight excluding hydrogens is 348 g/mol. The van der Waals surface area contributed by atoms with Crippen LogP contribution in [0.25, 0.3) is 11.0 Å². The van der Waals surface area contributed by atoms with Crippen LogP contribution in [-0.4, -0.2) is 21.1 Å². The van der Waals surface area contributed by atoms with Gasteiger partial charge in [-0.15, -0.1) is 0 Å². The molecule has 3 rings (SSSR count). The van der Waals surface area contributed by atoms with Gasteiger partial charge in [-0.1, -0.05) is 52.0 Å². The highest BCUT2D eigenvalue weighted by Crippen LogP contribution is 2.23. The van der Waals surface area contributed by atoms with Gasteiger partial charge in [0.25, 0.3) is 0 Å². The molecule has 0 fully saturated rings. The molecule has 0 radical (unpaired) electrons. The summed E-state index contributed by atoms with van der Waals surface area (Å²) in [6.07, 6.45) is 0. The summed E-state index contributed by atoms with van der Waals surface area (Å²) in [7, 11) is 1.97. The number of aryl methyl sites for hydroxylation is 1. The maximum absolute atomic E-state index is 12.2. The second-order valence-corrected chi connectivity index (χ2v) is 6.52. The molecule has 3 aromatic rings. The molecule has 0 aliphatic heterocycles. The topological polar surface area (TPSA) is 34.9 Å². The van der Waals surface area contributed by atoms with E-state index < -0.39 is 0 Å². The average molecular weight is 361 g/mol. The molecule has 0 bridgehead atoms. The van der Waals surface area contributed by atoms with Crippen molar-refractivity contribution in [1.29, 1.82) is 0 Å². The molecule has 1 heterocycles. The van der Waals surface area contributed by atoms with E-state index in [0.29, 0.717) is 5.75 Å². The highest BCUT2D eigenvalue weighted by atomic mass is 79.9. The minimum Gasteiger partial charge on any atom is -0.322 e. The van der Waals surface area contributed by atoms with Crippen LogP contribution in [0.15, 0.2) is 58.2 Å². The maximum atomic E-state index is 12.2. The number of para-hydroxylation sites is 2. The molecule has 0 aliphatic carbocycles. The predicted molar refractivity (Wildman–Crippen MR) is 89.9 cm³/mol. The number of halogens is 1. The van der Waals surface area contributed by atoms with E-state index in [1.165, 1.54) is 11.8 Å². The molecule has 3 nitrogen and oxygen atoms in total. The van der Waals surface area contributed by atoms with E-state index in [1.54, 1.807) is 0 Å². The first-order valence-electron chi connectivity index (χ1n) is 6.48. The zero-order valence-corrected chi connectivity index (χ0v) is 13.8. The lowest BCUT2D eigenvalue weighted by Gasteiger charge is -2.02. The minimum atomic E-state index is 0.111. The van der Waals surface area contributed by atoms with Crippen LogP contribution in [0.2, 0.25) is 0 Å². The summed E-state index contributed by atoms with van der Waals surface area (Å²) < 4.78 is 3.00. The van der Waals surface area contributed by atoms with Gasteiger partial charge in [0.2, 0.25) is 0 Å². The first kappa shape index (κ1) is 14.4. The largest absolute Gasteiger partial charge is 0.322 e. The van der Waals surface area contributed by atoms with E-state index in [9.17, 15) is 4.79 Å². The Morgan fingerprint density at radius 1 is 1.19 bits per heavy atom. The molecule has 5 heteroatoms. The van der Waals surface area contributed by atoms with Crippen molar-refractivity contribution in [3.8, 4) is 0 Å². The minimum absolute atomic E-state index is 0.111. The van der Waals surface area contributed by atoms with Gasteiger partial charge in [-0.2, -0.15) is 0 Å². The van der Waals surface area contributed by atoms with Crippen LogP contribution >= 0.6 is 27.7 Å². The summed E-state index contributed by atoms with van der Waals surface area (Å²) in [4.78, 5) is 16.7. The number of aromatic nitrogens is 2.